The molecule has 1 aliphatic rings. The molecule has 3 rings (SSSR count). The van der Waals surface area contributed by atoms with Gasteiger partial charge in [0.25, 0.3) is 15.9 Å². The van der Waals surface area contributed by atoms with Crippen LogP contribution in [-0.4, -0.2) is 57.5 Å². The van der Waals surface area contributed by atoms with Crippen molar-refractivity contribution in [3.8, 4) is 0 Å². The Hall–Kier alpha value is -2.43. The van der Waals surface area contributed by atoms with Gasteiger partial charge in [0.15, 0.2) is 0 Å². The van der Waals surface area contributed by atoms with Crippen LogP contribution in [0.5, 0.6) is 0 Å². The van der Waals surface area contributed by atoms with Crippen LogP contribution in [-0.2, 0) is 22.9 Å². The van der Waals surface area contributed by atoms with Crippen LogP contribution in [0.1, 0.15) is 57.8 Å². The molecule has 1 aliphatic carbocycles. The second-order valence-electron chi connectivity index (χ2n) is 9.44. The number of benzene rings is 1. The molecule has 33 heavy (non-hydrogen) atoms. The number of fused-ring (bicyclic) bond motifs is 1. The van der Waals surface area contributed by atoms with Crippen molar-refractivity contribution in [2.75, 3.05) is 31.9 Å². The van der Waals surface area contributed by atoms with Gasteiger partial charge < -0.3 is 15.3 Å². The van der Waals surface area contributed by atoms with Gasteiger partial charge in [-0.25, -0.2) is 13.2 Å². The first kappa shape index (κ1) is 25.2. The van der Waals surface area contributed by atoms with E-state index in [0.29, 0.717) is 18.5 Å². The van der Waals surface area contributed by atoms with Gasteiger partial charge in [0.1, 0.15) is 9.77 Å². The molecule has 0 atom stereocenters. The van der Waals surface area contributed by atoms with Gasteiger partial charge >= 0.3 is 5.97 Å². The minimum Gasteiger partial charge on any atom is -0.478 e. The molecule has 0 fully saturated rings. The Bertz CT molecular complexity index is 1150. The number of nitrogens with one attached hydrogen (secondary N) is 2. The van der Waals surface area contributed by atoms with Gasteiger partial charge in [0.05, 0.1) is 11.3 Å². The highest BCUT2D eigenvalue weighted by Crippen LogP contribution is 2.32. The fourth-order valence-electron chi connectivity index (χ4n) is 4.34. The Balaban J connectivity index is 1.85. The number of anilines is 1. The van der Waals surface area contributed by atoms with Crippen LogP contribution >= 0.6 is 11.3 Å². The zero-order valence-corrected chi connectivity index (χ0v) is 21.0. The van der Waals surface area contributed by atoms with Gasteiger partial charge in [0, 0.05) is 13.1 Å². The number of carbonyl (C=O) groups excluding carboxylic acids is 1. The van der Waals surface area contributed by atoms with Gasteiger partial charge in [-0.1, -0.05) is 19.9 Å². The fourth-order valence-corrected chi connectivity index (χ4v) is 6.76. The summed E-state index contributed by atoms with van der Waals surface area (Å²) in [7, 11) is -0.274. The first-order valence-electron chi connectivity index (χ1n) is 10.8. The summed E-state index contributed by atoms with van der Waals surface area (Å²) < 4.78 is 28.8. The van der Waals surface area contributed by atoms with E-state index in [1.54, 1.807) is 11.4 Å². The number of carbonyl (C=O) groups is 2. The maximum atomic E-state index is 13.2. The summed E-state index contributed by atoms with van der Waals surface area (Å²) in [6, 6.07) is 4.65. The van der Waals surface area contributed by atoms with E-state index in [-0.39, 0.29) is 26.4 Å². The summed E-state index contributed by atoms with van der Waals surface area (Å²) >= 11 is 1.03. The number of thiophene rings is 1. The molecule has 2 aromatic rings. The number of sulfonamides is 1. The standard InChI is InChI=1S/C23H31N3O5S2/c1-23(2,14-26(3)4)13-24-21(27)20-18(11-12-32-20)33(30,31)25-17-10-9-15-7-5-6-8-16(15)19(17)22(28)29/h9-12,25H,5-8,13-14H2,1-4H3,(H,24,27)(H,28,29). The predicted octanol–water partition coefficient (Wildman–Crippen LogP) is 3.44. The highest BCUT2D eigenvalue weighted by Gasteiger charge is 2.29. The maximum absolute atomic E-state index is 13.2. The Morgan fingerprint density at radius 3 is 2.52 bits per heavy atom. The third kappa shape index (κ3) is 5.93. The van der Waals surface area contributed by atoms with E-state index in [9.17, 15) is 23.1 Å². The van der Waals surface area contributed by atoms with Crippen LogP contribution in [0.3, 0.4) is 0 Å². The van der Waals surface area contributed by atoms with E-state index in [2.05, 4.69) is 10.0 Å². The highest BCUT2D eigenvalue weighted by atomic mass is 32.2. The van der Waals surface area contributed by atoms with Crippen molar-refractivity contribution in [3.63, 3.8) is 0 Å². The lowest BCUT2D eigenvalue weighted by atomic mass is 9.87. The molecule has 0 aliphatic heterocycles. The first-order chi connectivity index (χ1) is 15.4. The average molecular weight is 494 g/mol. The number of carboxylic acids is 1. The first-order valence-corrected chi connectivity index (χ1v) is 13.2. The normalized spacial score (nSPS) is 14.1. The molecule has 0 saturated carbocycles. The Morgan fingerprint density at radius 2 is 1.85 bits per heavy atom. The fraction of sp³-hybridized carbons (Fsp3) is 0.478. The van der Waals surface area contributed by atoms with Crippen molar-refractivity contribution >= 4 is 38.9 Å². The van der Waals surface area contributed by atoms with Crippen LogP contribution in [0.25, 0.3) is 0 Å². The lowest BCUT2D eigenvalue weighted by Crippen LogP contribution is -2.40. The molecule has 180 valence electrons. The van der Waals surface area contributed by atoms with Gasteiger partial charge in [0.2, 0.25) is 0 Å². The highest BCUT2D eigenvalue weighted by molar-refractivity contribution is 7.93. The van der Waals surface area contributed by atoms with Gasteiger partial charge in [-0.2, -0.15) is 0 Å². The molecule has 10 heteroatoms. The quantitative estimate of drug-likeness (QED) is 0.493. The molecule has 1 heterocycles. The minimum atomic E-state index is -4.17. The molecule has 0 radical (unpaired) electrons. The molecular formula is C23H31N3O5S2. The van der Waals surface area contributed by atoms with Crippen LogP contribution in [0.15, 0.2) is 28.5 Å². The zero-order valence-electron chi connectivity index (χ0n) is 19.4. The second-order valence-corrected chi connectivity index (χ2v) is 12.0. The topological polar surface area (TPSA) is 116 Å². The van der Waals surface area contributed by atoms with Gasteiger partial charge in [-0.05, 0) is 73.8 Å². The lowest BCUT2D eigenvalue weighted by Gasteiger charge is -2.28. The van der Waals surface area contributed by atoms with E-state index < -0.39 is 21.9 Å². The summed E-state index contributed by atoms with van der Waals surface area (Å²) in [5, 5.41) is 14.2. The molecule has 1 aromatic heterocycles. The van der Waals surface area contributed by atoms with E-state index in [1.165, 1.54) is 12.1 Å². The number of rotatable bonds is 9. The number of aryl methyl sites for hydroxylation is 1. The number of nitrogens with zero attached hydrogens (tertiary/aromatic N) is 1. The van der Waals surface area contributed by atoms with Crippen molar-refractivity contribution in [2.24, 2.45) is 5.41 Å². The molecule has 0 spiro atoms. The van der Waals surface area contributed by atoms with Crippen molar-refractivity contribution in [2.45, 2.75) is 44.4 Å². The molecule has 0 unspecified atom stereocenters. The molecule has 3 N–H and O–H groups in total. The molecule has 1 amide bonds. The number of hydrogen-bond acceptors (Lipinski definition) is 6. The van der Waals surface area contributed by atoms with E-state index in [4.69, 9.17) is 0 Å². The van der Waals surface area contributed by atoms with Crippen LogP contribution in [0, 0.1) is 5.41 Å². The molecule has 0 saturated heterocycles. The predicted molar refractivity (Wildman–Crippen MR) is 130 cm³/mol. The number of carboxylic acid groups (broad SMARTS) is 1. The summed E-state index contributed by atoms with van der Waals surface area (Å²) in [4.78, 5) is 26.7. The molecule has 0 bridgehead atoms. The number of aromatic carboxylic acids is 1. The van der Waals surface area contributed by atoms with Crippen LogP contribution < -0.4 is 10.0 Å². The zero-order chi connectivity index (χ0) is 24.4. The lowest BCUT2D eigenvalue weighted by molar-refractivity contribution is 0.0696. The monoisotopic (exact) mass is 493 g/mol. The third-order valence-corrected chi connectivity index (χ3v) is 8.04. The smallest absolute Gasteiger partial charge is 0.338 e. The summed E-state index contributed by atoms with van der Waals surface area (Å²) in [6.45, 7) is 5.17. The van der Waals surface area contributed by atoms with Crippen molar-refractivity contribution < 1.29 is 23.1 Å². The Labute approximate surface area is 199 Å². The SMILES string of the molecule is CN(C)CC(C)(C)CNC(=O)c1sccc1S(=O)(=O)Nc1ccc2c(c1C(=O)O)CCCC2. The largest absolute Gasteiger partial charge is 0.478 e. The Morgan fingerprint density at radius 1 is 1.15 bits per heavy atom. The van der Waals surface area contributed by atoms with Crippen LogP contribution in [0.4, 0.5) is 5.69 Å². The summed E-state index contributed by atoms with van der Waals surface area (Å²) in [5.41, 5.74) is 1.43. The minimum absolute atomic E-state index is 0.0116. The average Bonchev–Trinajstić information content (AvgIpc) is 3.21. The maximum Gasteiger partial charge on any atom is 0.338 e. The van der Waals surface area contributed by atoms with E-state index >= 15 is 0 Å². The van der Waals surface area contributed by atoms with Gasteiger partial charge in [-0.3, -0.25) is 9.52 Å². The van der Waals surface area contributed by atoms with E-state index in [1.807, 2.05) is 32.8 Å². The summed E-state index contributed by atoms with van der Waals surface area (Å²) in [6.07, 6.45) is 3.22. The van der Waals surface area contributed by atoms with Crippen LogP contribution in [0.2, 0.25) is 0 Å². The van der Waals surface area contributed by atoms with Gasteiger partial charge in [-0.15, -0.1) is 11.3 Å². The third-order valence-electron chi connectivity index (χ3n) is 5.59. The van der Waals surface area contributed by atoms with Crippen molar-refractivity contribution in [3.05, 3.63) is 45.1 Å². The molecular weight excluding hydrogens is 462 g/mol. The summed E-state index contributed by atoms with van der Waals surface area (Å²) in [5.74, 6) is -1.64. The number of amides is 1. The number of hydrogen-bond donors (Lipinski definition) is 3. The Kier molecular flexibility index (Phi) is 7.50. The van der Waals surface area contributed by atoms with Crippen molar-refractivity contribution in [1.82, 2.24) is 10.2 Å². The van der Waals surface area contributed by atoms with Crippen molar-refractivity contribution in [1.29, 1.82) is 0 Å². The molecule has 1 aromatic carbocycles. The second kappa shape index (κ2) is 9.82. The van der Waals surface area contributed by atoms with E-state index in [0.717, 1.165) is 42.7 Å². The molecule has 8 nitrogen and oxygen atoms in total.